The minimum atomic E-state index is -0.776. The number of ether oxygens (including phenoxy) is 2. The fourth-order valence-corrected chi connectivity index (χ4v) is 4.02. The molecule has 2 aromatic rings. The number of carbonyl (C=O) groups is 4. The molecule has 2 unspecified atom stereocenters. The van der Waals surface area contributed by atoms with Gasteiger partial charge in [0.2, 0.25) is 11.8 Å². The van der Waals surface area contributed by atoms with E-state index in [1.807, 2.05) is 62.4 Å². The second-order valence-corrected chi connectivity index (χ2v) is 9.71. The number of carbonyl (C=O) groups excluding carboxylic acids is 4. The minimum absolute atomic E-state index is 0.0345. The second-order valence-electron chi connectivity index (χ2n) is 9.71. The van der Waals surface area contributed by atoms with E-state index in [0.717, 1.165) is 15.4 Å². The molecular formula is C30H40N2O6. The van der Waals surface area contributed by atoms with Crippen molar-refractivity contribution in [2.75, 3.05) is 19.8 Å². The Morgan fingerprint density at radius 3 is 1.97 bits per heavy atom. The largest absolute Gasteiger partial charge is 0.447 e. The summed E-state index contributed by atoms with van der Waals surface area (Å²) in [6, 6.07) is 19.2. The van der Waals surface area contributed by atoms with E-state index in [-0.39, 0.29) is 44.6 Å². The lowest BCUT2D eigenvalue weighted by molar-refractivity contribution is -0.138. The van der Waals surface area contributed by atoms with Gasteiger partial charge in [-0.25, -0.2) is 19.4 Å². The number of hydrogen-bond acceptors (Lipinski definition) is 6. The van der Waals surface area contributed by atoms with E-state index in [4.69, 9.17) is 9.47 Å². The maximum Gasteiger partial charge on any atom is 0.416 e. The molecule has 0 N–H and O–H groups in total. The van der Waals surface area contributed by atoms with Crippen LogP contribution in [-0.4, -0.2) is 59.6 Å². The highest BCUT2D eigenvalue weighted by Gasteiger charge is 2.42. The van der Waals surface area contributed by atoms with Crippen LogP contribution in [0.2, 0.25) is 0 Å². The maximum atomic E-state index is 12.9. The van der Waals surface area contributed by atoms with Crippen molar-refractivity contribution in [3.8, 4) is 0 Å². The van der Waals surface area contributed by atoms with Gasteiger partial charge in [-0.1, -0.05) is 100 Å². The summed E-state index contributed by atoms with van der Waals surface area (Å²) < 4.78 is 9.89. The zero-order valence-corrected chi connectivity index (χ0v) is 23.1. The molecule has 2 aliphatic rings. The molecule has 0 radical (unpaired) electrons. The topological polar surface area (TPSA) is 93.2 Å². The quantitative estimate of drug-likeness (QED) is 0.486. The summed E-state index contributed by atoms with van der Waals surface area (Å²) in [6.45, 7) is 10.6. The second kappa shape index (κ2) is 15.5. The zero-order chi connectivity index (χ0) is 28.1. The van der Waals surface area contributed by atoms with Crippen LogP contribution in [0.25, 0.3) is 0 Å². The predicted octanol–water partition coefficient (Wildman–Crippen LogP) is 5.63. The van der Waals surface area contributed by atoms with E-state index in [1.54, 1.807) is 0 Å². The van der Waals surface area contributed by atoms with Gasteiger partial charge in [-0.2, -0.15) is 0 Å². The molecule has 2 heterocycles. The SMILES string of the molecule is CC(C)C1COC(=O)N1C(=O)CC(Cc1ccccc1)C(=O)N1CCOC1=O.CCC.Cc1ccccc1. The lowest BCUT2D eigenvalue weighted by atomic mass is 9.93. The van der Waals surface area contributed by atoms with Gasteiger partial charge >= 0.3 is 12.2 Å². The van der Waals surface area contributed by atoms with Crippen LogP contribution in [0.5, 0.6) is 0 Å². The molecular weight excluding hydrogens is 484 g/mol. The van der Waals surface area contributed by atoms with E-state index < -0.39 is 29.9 Å². The van der Waals surface area contributed by atoms with E-state index in [1.165, 1.54) is 12.0 Å². The number of rotatable bonds is 6. The van der Waals surface area contributed by atoms with E-state index >= 15 is 0 Å². The highest BCUT2D eigenvalue weighted by Crippen LogP contribution is 2.24. The Bertz CT molecular complexity index is 1040. The Hall–Kier alpha value is -3.68. The molecule has 2 saturated heterocycles. The van der Waals surface area contributed by atoms with Crippen LogP contribution in [0, 0.1) is 18.8 Å². The molecule has 2 aromatic carbocycles. The monoisotopic (exact) mass is 524 g/mol. The zero-order valence-electron chi connectivity index (χ0n) is 23.1. The normalized spacial score (nSPS) is 17.1. The average Bonchev–Trinajstić information content (AvgIpc) is 3.50. The van der Waals surface area contributed by atoms with Crippen molar-refractivity contribution >= 4 is 24.0 Å². The van der Waals surface area contributed by atoms with Crippen LogP contribution in [0.15, 0.2) is 60.7 Å². The molecule has 0 bridgehead atoms. The van der Waals surface area contributed by atoms with Crippen molar-refractivity contribution in [3.05, 3.63) is 71.8 Å². The van der Waals surface area contributed by atoms with Gasteiger partial charge in [-0.3, -0.25) is 9.59 Å². The first kappa shape index (κ1) is 30.5. The molecule has 2 atom stereocenters. The highest BCUT2D eigenvalue weighted by molar-refractivity contribution is 5.99. The van der Waals surface area contributed by atoms with Crippen LogP contribution in [0.4, 0.5) is 9.59 Å². The van der Waals surface area contributed by atoms with Crippen molar-refractivity contribution in [1.82, 2.24) is 9.80 Å². The molecule has 0 aliphatic carbocycles. The summed E-state index contributed by atoms with van der Waals surface area (Å²) in [6.07, 6.45) is -0.0355. The Morgan fingerprint density at radius 2 is 1.50 bits per heavy atom. The number of amides is 4. The molecule has 4 rings (SSSR count). The standard InChI is InChI=1S/C20H24N2O6.C7H8.C3H8/c1-13(2)16-12-28-20(26)22(16)17(23)11-15(10-14-6-4-3-5-7-14)18(24)21-8-9-27-19(21)25;1-7-5-3-2-4-6-7;1-3-2/h3-7,13,15-16H,8-12H2,1-2H3;2-6H,1H3;3H2,1-2H3. The fraction of sp³-hybridized carbons (Fsp3) is 0.467. The Morgan fingerprint density at radius 1 is 0.921 bits per heavy atom. The summed E-state index contributed by atoms with van der Waals surface area (Å²) in [5.74, 6) is -1.68. The van der Waals surface area contributed by atoms with Gasteiger partial charge in [0.25, 0.3) is 0 Å². The number of benzene rings is 2. The smallest absolute Gasteiger partial charge is 0.416 e. The summed E-state index contributed by atoms with van der Waals surface area (Å²) in [7, 11) is 0. The molecule has 38 heavy (non-hydrogen) atoms. The number of nitrogens with zero attached hydrogens (tertiary/aromatic N) is 2. The first-order chi connectivity index (χ1) is 18.2. The lowest BCUT2D eigenvalue weighted by Crippen LogP contribution is -2.45. The Balaban J connectivity index is 0.000000427. The van der Waals surface area contributed by atoms with Crippen LogP contribution < -0.4 is 0 Å². The molecule has 0 aromatic heterocycles. The molecule has 2 aliphatic heterocycles. The number of aryl methyl sites for hydroxylation is 1. The number of cyclic esters (lactones) is 2. The van der Waals surface area contributed by atoms with Crippen LogP contribution >= 0.6 is 0 Å². The first-order valence-electron chi connectivity index (χ1n) is 13.2. The molecule has 4 amide bonds. The maximum absolute atomic E-state index is 12.9. The predicted molar refractivity (Wildman–Crippen MR) is 145 cm³/mol. The van der Waals surface area contributed by atoms with Crippen molar-refractivity contribution in [1.29, 1.82) is 0 Å². The molecule has 8 nitrogen and oxygen atoms in total. The molecule has 0 spiro atoms. The fourth-order valence-electron chi connectivity index (χ4n) is 4.02. The molecule has 0 saturated carbocycles. The van der Waals surface area contributed by atoms with E-state index in [9.17, 15) is 19.2 Å². The average molecular weight is 525 g/mol. The third-order valence-electron chi connectivity index (χ3n) is 6.01. The lowest BCUT2D eigenvalue weighted by Gasteiger charge is -2.25. The van der Waals surface area contributed by atoms with Crippen molar-refractivity contribution in [3.63, 3.8) is 0 Å². The van der Waals surface area contributed by atoms with Crippen LogP contribution in [-0.2, 0) is 25.5 Å². The number of hydrogen-bond donors (Lipinski definition) is 0. The van der Waals surface area contributed by atoms with Gasteiger partial charge in [0.1, 0.15) is 13.2 Å². The summed E-state index contributed by atoms with van der Waals surface area (Å²) >= 11 is 0. The third kappa shape index (κ3) is 9.01. The van der Waals surface area contributed by atoms with Gasteiger partial charge in [0, 0.05) is 6.42 Å². The van der Waals surface area contributed by atoms with Gasteiger partial charge < -0.3 is 9.47 Å². The minimum Gasteiger partial charge on any atom is -0.447 e. The highest BCUT2D eigenvalue weighted by atomic mass is 16.6. The van der Waals surface area contributed by atoms with Gasteiger partial charge in [0.15, 0.2) is 0 Å². The Labute approximate surface area is 225 Å². The summed E-state index contributed by atoms with van der Waals surface area (Å²) in [4.78, 5) is 51.9. The van der Waals surface area contributed by atoms with Crippen molar-refractivity contribution in [2.24, 2.45) is 11.8 Å². The van der Waals surface area contributed by atoms with Gasteiger partial charge in [-0.05, 0) is 24.8 Å². The molecule has 8 heteroatoms. The van der Waals surface area contributed by atoms with Crippen molar-refractivity contribution < 1.29 is 28.7 Å². The third-order valence-corrected chi connectivity index (χ3v) is 6.01. The van der Waals surface area contributed by atoms with Crippen LogP contribution in [0.1, 0.15) is 51.7 Å². The van der Waals surface area contributed by atoms with Crippen LogP contribution in [0.3, 0.4) is 0 Å². The Kier molecular flexibility index (Phi) is 12.5. The number of imide groups is 2. The summed E-state index contributed by atoms with van der Waals surface area (Å²) in [5.41, 5.74) is 2.19. The molecule has 206 valence electrons. The van der Waals surface area contributed by atoms with Gasteiger partial charge in [0.05, 0.1) is 18.5 Å². The summed E-state index contributed by atoms with van der Waals surface area (Å²) in [5, 5.41) is 0. The first-order valence-corrected chi connectivity index (χ1v) is 13.2. The molecule has 2 fully saturated rings. The van der Waals surface area contributed by atoms with Gasteiger partial charge in [-0.15, -0.1) is 0 Å². The van der Waals surface area contributed by atoms with E-state index in [2.05, 4.69) is 32.9 Å². The van der Waals surface area contributed by atoms with Crippen molar-refractivity contribution in [2.45, 2.75) is 59.9 Å². The van der Waals surface area contributed by atoms with E-state index in [0.29, 0.717) is 0 Å².